The Morgan fingerprint density at radius 2 is 1.38 bits per heavy atom. The fraction of sp³-hybridized carbons (Fsp3) is 0.333. The Morgan fingerprint density at radius 1 is 0.792 bits per heavy atom. The van der Waals surface area contributed by atoms with E-state index in [0.29, 0.717) is 0 Å². The van der Waals surface area contributed by atoms with Crippen molar-refractivity contribution in [2.45, 2.75) is 34.6 Å². The molecule has 10 radical (unpaired) electrons. The summed E-state index contributed by atoms with van der Waals surface area (Å²) in [5.74, 6) is 6.96. The Kier molecular flexibility index (Phi) is 7.75. The molecule has 0 heterocycles. The van der Waals surface area contributed by atoms with E-state index < -0.39 is 20.8 Å². The third-order valence-electron chi connectivity index (χ3n) is 4.70. The molecule has 0 aliphatic heterocycles. The third-order valence-corrected chi connectivity index (χ3v) is 4.70. The van der Waals surface area contributed by atoms with Gasteiger partial charge in [0.15, 0.2) is 0 Å². The van der Waals surface area contributed by atoms with Crippen molar-refractivity contribution in [2.75, 3.05) is 0 Å². The van der Waals surface area contributed by atoms with Gasteiger partial charge in [-0.2, -0.15) is 0 Å². The average molecular weight is 439 g/mol. The quantitative estimate of drug-likeness (QED) is 0.463. The van der Waals surface area contributed by atoms with E-state index in [-0.39, 0.29) is 10.8 Å². The summed E-state index contributed by atoms with van der Waals surface area (Å²) in [7, 11) is 9.87. The Balaban J connectivity index is 0.000000647. The van der Waals surface area contributed by atoms with Crippen LogP contribution in [0, 0.1) is 72.5 Å². The van der Waals surface area contributed by atoms with Crippen LogP contribution in [0.3, 0.4) is 0 Å². The molecular formula is C21H24Cl2Zr+2. The summed E-state index contributed by atoms with van der Waals surface area (Å²) in [5.41, 5.74) is 0.245. The SMILES string of the molecule is CC(C)(C)[C]1[CH][CH][C](C(C)(C)[C]2[CH][CH][C]3C=CC=C[C]32)[CH]1.[Cl][Zr+2][Cl]. The molecule has 0 unspecified atom stereocenters. The molecular weight excluding hydrogens is 414 g/mol. The van der Waals surface area contributed by atoms with Crippen molar-refractivity contribution in [3.8, 4) is 0 Å². The van der Waals surface area contributed by atoms with Crippen LogP contribution in [0.2, 0.25) is 0 Å². The minimum atomic E-state index is -0.826. The number of halogens is 2. The molecule has 3 rings (SSSR count). The summed E-state index contributed by atoms with van der Waals surface area (Å²) < 4.78 is 0. The molecule has 0 aromatic heterocycles. The van der Waals surface area contributed by atoms with Crippen LogP contribution >= 0.6 is 17.0 Å². The zero-order chi connectivity index (χ0) is 18.0. The van der Waals surface area contributed by atoms with E-state index >= 15 is 0 Å². The fourth-order valence-corrected chi connectivity index (χ4v) is 3.15. The zero-order valence-corrected chi connectivity index (χ0v) is 18.9. The predicted molar refractivity (Wildman–Crippen MR) is 101 cm³/mol. The molecule has 0 nitrogen and oxygen atoms in total. The standard InChI is InChI=1S/C21H24.2ClH.Zr/c1-20(2,3)16-11-12-17(14-16)21(4,5)19-13-10-15-8-6-7-9-18(15)19;;;/h6-14H,1-5H3;2*1H;/q;;;+4/p-2. The van der Waals surface area contributed by atoms with Crippen molar-refractivity contribution in [3.05, 3.63) is 86.0 Å². The van der Waals surface area contributed by atoms with E-state index in [9.17, 15) is 0 Å². The van der Waals surface area contributed by atoms with E-state index in [2.05, 4.69) is 91.0 Å². The fourth-order valence-electron chi connectivity index (χ4n) is 3.15. The second-order valence-electron chi connectivity index (χ2n) is 7.67. The second-order valence-corrected chi connectivity index (χ2v) is 11.4. The molecule has 0 spiro atoms. The number of hydrogen-bond donors (Lipinski definition) is 0. The molecule has 0 bridgehead atoms. The Hall–Kier alpha value is 0.943. The molecule has 0 N–H and O–H groups in total. The average Bonchev–Trinajstić information content (AvgIpc) is 3.15. The van der Waals surface area contributed by atoms with Crippen molar-refractivity contribution in [1.82, 2.24) is 0 Å². The predicted octanol–water partition coefficient (Wildman–Crippen LogP) is 6.48. The first-order valence-corrected chi connectivity index (χ1v) is 14.4. The number of fused-ring (bicyclic) bond motifs is 1. The topological polar surface area (TPSA) is 0 Å². The van der Waals surface area contributed by atoms with Gasteiger partial charge in [0.1, 0.15) is 0 Å². The van der Waals surface area contributed by atoms with Gasteiger partial charge in [0, 0.05) is 11.8 Å². The summed E-state index contributed by atoms with van der Waals surface area (Å²) in [6, 6.07) is 0. The summed E-state index contributed by atoms with van der Waals surface area (Å²) in [6.45, 7) is 11.5. The van der Waals surface area contributed by atoms with Crippen molar-refractivity contribution >= 4 is 17.0 Å². The first-order chi connectivity index (χ1) is 11.2. The molecule has 0 aromatic rings. The first-order valence-electron chi connectivity index (χ1n) is 8.10. The normalized spacial score (nSPS) is 24.0. The van der Waals surface area contributed by atoms with Crippen molar-refractivity contribution in [1.29, 1.82) is 0 Å². The van der Waals surface area contributed by atoms with Crippen LogP contribution in [0.1, 0.15) is 34.6 Å². The van der Waals surface area contributed by atoms with Gasteiger partial charge >= 0.3 is 37.9 Å². The van der Waals surface area contributed by atoms with E-state index in [0.717, 1.165) is 0 Å². The van der Waals surface area contributed by atoms with Gasteiger partial charge in [-0.15, -0.1) is 0 Å². The van der Waals surface area contributed by atoms with Crippen LogP contribution in [0.4, 0.5) is 0 Å². The number of hydrogen-bond acceptors (Lipinski definition) is 0. The van der Waals surface area contributed by atoms with Crippen LogP contribution in [0.5, 0.6) is 0 Å². The van der Waals surface area contributed by atoms with Gasteiger partial charge in [0.2, 0.25) is 0 Å². The molecule has 2 fully saturated rings. The van der Waals surface area contributed by atoms with Gasteiger partial charge in [-0.25, -0.2) is 0 Å². The van der Waals surface area contributed by atoms with Gasteiger partial charge in [0.05, 0.1) is 0 Å². The first kappa shape index (κ1) is 21.2. The van der Waals surface area contributed by atoms with Gasteiger partial charge in [-0.3, -0.25) is 0 Å². The van der Waals surface area contributed by atoms with Crippen LogP contribution in [-0.2, 0) is 20.8 Å². The van der Waals surface area contributed by atoms with Crippen LogP contribution in [-0.4, -0.2) is 0 Å². The van der Waals surface area contributed by atoms with Crippen molar-refractivity contribution < 1.29 is 20.8 Å². The van der Waals surface area contributed by atoms with E-state index in [1.807, 2.05) is 0 Å². The molecule has 24 heavy (non-hydrogen) atoms. The van der Waals surface area contributed by atoms with Crippen LogP contribution in [0.15, 0.2) is 24.3 Å². The third kappa shape index (κ3) is 4.81. The monoisotopic (exact) mass is 436 g/mol. The summed E-state index contributed by atoms with van der Waals surface area (Å²) in [6.07, 6.45) is 20.1. The maximum absolute atomic E-state index is 4.93. The zero-order valence-electron chi connectivity index (χ0n) is 15.0. The molecule has 0 saturated heterocycles. The second kappa shape index (κ2) is 8.75. The number of rotatable bonds is 2. The van der Waals surface area contributed by atoms with Crippen LogP contribution in [0.25, 0.3) is 0 Å². The van der Waals surface area contributed by atoms with Crippen molar-refractivity contribution in [2.24, 2.45) is 10.8 Å². The molecule has 0 aromatic carbocycles. The van der Waals surface area contributed by atoms with Gasteiger partial charge in [-0.1, -0.05) is 58.9 Å². The summed E-state index contributed by atoms with van der Waals surface area (Å²) >= 11 is -0.826. The van der Waals surface area contributed by atoms with E-state index in [1.54, 1.807) is 0 Å². The molecule has 0 atom stereocenters. The molecule has 2 saturated carbocycles. The van der Waals surface area contributed by atoms with Crippen molar-refractivity contribution in [3.63, 3.8) is 0 Å². The molecule has 124 valence electrons. The van der Waals surface area contributed by atoms with Gasteiger partial charge in [0.25, 0.3) is 0 Å². The van der Waals surface area contributed by atoms with E-state index in [1.165, 1.54) is 29.6 Å². The Labute approximate surface area is 168 Å². The molecule has 3 aliphatic carbocycles. The Morgan fingerprint density at radius 3 is 1.96 bits per heavy atom. The van der Waals surface area contributed by atoms with Gasteiger partial charge in [-0.05, 0) is 60.7 Å². The van der Waals surface area contributed by atoms with E-state index in [4.69, 9.17) is 17.0 Å². The molecule has 0 amide bonds. The Bertz CT molecular complexity index is 461. The van der Waals surface area contributed by atoms with Gasteiger partial charge < -0.3 is 0 Å². The summed E-state index contributed by atoms with van der Waals surface area (Å²) in [5, 5.41) is 0. The number of allylic oxidation sites excluding steroid dienone is 4. The van der Waals surface area contributed by atoms with Crippen LogP contribution < -0.4 is 0 Å². The molecule has 3 aliphatic rings. The molecule has 3 heteroatoms. The summed E-state index contributed by atoms with van der Waals surface area (Å²) in [4.78, 5) is 0. The maximum atomic E-state index is 4.93. The minimum absolute atomic E-state index is 0.0343.